The zero-order chi connectivity index (χ0) is 11.7. The summed E-state index contributed by atoms with van der Waals surface area (Å²) in [5.74, 6) is 1.47. The lowest BCUT2D eigenvalue weighted by atomic mass is 9.87. The molecular weight excluding hydrogens is 228 g/mol. The summed E-state index contributed by atoms with van der Waals surface area (Å²) in [6, 6.07) is 0.445. The van der Waals surface area contributed by atoms with Crippen molar-refractivity contribution in [2.45, 2.75) is 69.2 Å². The molecule has 2 fully saturated rings. The molecule has 1 aromatic heterocycles. The summed E-state index contributed by atoms with van der Waals surface area (Å²) in [7, 11) is 0. The molecule has 0 radical (unpaired) electrons. The number of hydrogen-bond donors (Lipinski definition) is 1. The fourth-order valence-corrected chi connectivity index (χ4v) is 4.34. The van der Waals surface area contributed by atoms with E-state index in [1.807, 2.05) is 11.3 Å². The molecule has 2 N–H and O–H groups in total. The van der Waals surface area contributed by atoms with Crippen LogP contribution >= 0.6 is 11.3 Å². The topological polar surface area (TPSA) is 38.9 Å². The molecule has 2 saturated carbocycles. The van der Waals surface area contributed by atoms with Gasteiger partial charge in [-0.25, -0.2) is 4.98 Å². The lowest BCUT2D eigenvalue weighted by Gasteiger charge is -2.24. The summed E-state index contributed by atoms with van der Waals surface area (Å²) in [6.45, 7) is 0. The van der Waals surface area contributed by atoms with Crippen LogP contribution in [0.1, 0.15) is 73.9 Å². The molecule has 3 rings (SSSR count). The van der Waals surface area contributed by atoms with Crippen molar-refractivity contribution >= 4 is 11.3 Å². The van der Waals surface area contributed by atoms with E-state index >= 15 is 0 Å². The van der Waals surface area contributed by atoms with Gasteiger partial charge in [0.2, 0.25) is 0 Å². The van der Waals surface area contributed by atoms with E-state index in [9.17, 15) is 0 Å². The highest BCUT2D eigenvalue weighted by Gasteiger charge is 2.25. The van der Waals surface area contributed by atoms with Crippen LogP contribution in [0.15, 0.2) is 5.38 Å². The van der Waals surface area contributed by atoms with Crippen LogP contribution < -0.4 is 5.73 Å². The molecule has 0 saturated heterocycles. The third kappa shape index (κ3) is 2.55. The molecule has 0 bridgehead atoms. The molecule has 2 aliphatic carbocycles. The van der Waals surface area contributed by atoms with Gasteiger partial charge in [-0.1, -0.05) is 12.8 Å². The first-order valence-electron chi connectivity index (χ1n) is 7.04. The summed E-state index contributed by atoms with van der Waals surface area (Å²) in [6.07, 6.45) is 10.4. The molecule has 2 aliphatic rings. The van der Waals surface area contributed by atoms with Gasteiger partial charge in [-0.3, -0.25) is 0 Å². The molecule has 0 amide bonds. The van der Waals surface area contributed by atoms with Crippen LogP contribution in [-0.2, 0) is 0 Å². The van der Waals surface area contributed by atoms with Gasteiger partial charge in [0.15, 0.2) is 0 Å². The molecule has 94 valence electrons. The maximum absolute atomic E-state index is 5.96. The standard InChI is InChI=1S/C14H22N2S/c15-12-7-5-11(6-8-12)14-16-13(9-17-14)10-3-1-2-4-10/h9-12H,1-8,15H2. The van der Waals surface area contributed by atoms with E-state index in [1.54, 1.807) is 0 Å². The first-order valence-corrected chi connectivity index (χ1v) is 7.92. The van der Waals surface area contributed by atoms with Gasteiger partial charge in [-0.05, 0) is 38.5 Å². The van der Waals surface area contributed by atoms with E-state index < -0.39 is 0 Å². The first-order chi connectivity index (χ1) is 8.33. The molecule has 0 unspecified atom stereocenters. The van der Waals surface area contributed by atoms with Crippen LogP contribution in [0.25, 0.3) is 0 Å². The highest BCUT2D eigenvalue weighted by molar-refractivity contribution is 7.09. The lowest BCUT2D eigenvalue weighted by Crippen LogP contribution is -2.25. The fraction of sp³-hybridized carbons (Fsp3) is 0.786. The van der Waals surface area contributed by atoms with Crippen molar-refractivity contribution < 1.29 is 0 Å². The minimum Gasteiger partial charge on any atom is -0.328 e. The quantitative estimate of drug-likeness (QED) is 0.867. The summed E-state index contributed by atoms with van der Waals surface area (Å²) < 4.78 is 0. The Morgan fingerprint density at radius 2 is 1.71 bits per heavy atom. The maximum atomic E-state index is 5.96. The van der Waals surface area contributed by atoms with Gasteiger partial charge in [-0.2, -0.15) is 0 Å². The third-order valence-corrected chi connectivity index (χ3v) is 5.46. The molecule has 0 aliphatic heterocycles. The smallest absolute Gasteiger partial charge is 0.0959 e. The Morgan fingerprint density at radius 1 is 1.00 bits per heavy atom. The minimum absolute atomic E-state index is 0.445. The van der Waals surface area contributed by atoms with E-state index in [2.05, 4.69) is 5.38 Å². The fourth-order valence-electron chi connectivity index (χ4n) is 3.26. The van der Waals surface area contributed by atoms with Crippen molar-refractivity contribution in [3.05, 3.63) is 16.1 Å². The van der Waals surface area contributed by atoms with E-state index in [4.69, 9.17) is 10.7 Å². The summed E-state index contributed by atoms with van der Waals surface area (Å²) >= 11 is 1.89. The number of thiazole rings is 1. The van der Waals surface area contributed by atoms with Crippen molar-refractivity contribution in [3.63, 3.8) is 0 Å². The Morgan fingerprint density at radius 3 is 2.41 bits per heavy atom. The van der Waals surface area contributed by atoms with Crippen LogP contribution in [0.5, 0.6) is 0 Å². The normalized spacial score (nSPS) is 30.9. The van der Waals surface area contributed by atoms with E-state index in [-0.39, 0.29) is 0 Å². The number of nitrogens with two attached hydrogens (primary N) is 1. The Balaban J connectivity index is 1.67. The second-order valence-corrected chi connectivity index (χ2v) is 6.59. The van der Waals surface area contributed by atoms with E-state index in [0.29, 0.717) is 12.0 Å². The van der Waals surface area contributed by atoms with Crippen molar-refractivity contribution in [3.8, 4) is 0 Å². The van der Waals surface area contributed by atoms with Crippen molar-refractivity contribution in [1.82, 2.24) is 4.98 Å². The van der Waals surface area contributed by atoms with Crippen molar-refractivity contribution in [2.24, 2.45) is 5.73 Å². The van der Waals surface area contributed by atoms with Gasteiger partial charge in [0.05, 0.1) is 10.7 Å². The molecule has 3 heteroatoms. The van der Waals surface area contributed by atoms with Gasteiger partial charge in [0.1, 0.15) is 0 Å². The molecule has 2 nitrogen and oxygen atoms in total. The van der Waals surface area contributed by atoms with Gasteiger partial charge in [-0.15, -0.1) is 11.3 Å². The van der Waals surface area contributed by atoms with E-state index in [1.165, 1.54) is 62.1 Å². The Labute approximate surface area is 108 Å². The molecule has 0 atom stereocenters. The number of nitrogens with zero attached hydrogens (tertiary/aromatic N) is 1. The summed E-state index contributed by atoms with van der Waals surface area (Å²) in [5, 5.41) is 3.71. The average molecular weight is 250 g/mol. The molecular formula is C14H22N2S. The van der Waals surface area contributed by atoms with Gasteiger partial charge in [0.25, 0.3) is 0 Å². The highest BCUT2D eigenvalue weighted by atomic mass is 32.1. The second-order valence-electron chi connectivity index (χ2n) is 5.70. The SMILES string of the molecule is NC1CCC(c2nc(C3CCCC3)cs2)CC1. The Kier molecular flexibility index (Phi) is 3.48. The van der Waals surface area contributed by atoms with Crippen LogP contribution in [0.2, 0.25) is 0 Å². The summed E-state index contributed by atoms with van der Waals surface area (Å²) in [5.41, 5.74) is 7.35. The third-order valence-electron chi connectivity index (χ3n) is 4.43. The largest absolute Gasteiger partial charge is 0.328 e. The average Bonchev–Trinajstić information content (AvgIpc) is 3.00. The van der Waals surface area contributed by atoms with Crippen LogP contribution in [0.4, 0.5) is 0 Å². The number of aromatic nitrogens is 1. The predicted molar refractivity (Wildman–Crippen MR) is 72.5 cm³/mol. The zero-order valence-electron chi connectivity index (χ0n) is 10.4. The van der Waals surface area contributed by atoms with Gasteiger partial charge in [0, 0.05) is 23.3 Å². The van der Waals surface area contributed by atoms with Gasteiger partial charge >= 0.3 is 0 Å². The monoisotopic (exact) mass is 250 g/mol. The predicted octanol–water partition coefficient (Wildman–Crippen LogP) is 3.79. The van der Waals surface area contributed by atoms with Gasteiger partial charge < -0.3 is 5.73 Å². The Hall–Kier alpha value is -0.410. The lowest BCUT2D eigenvalue weighted by molar-refractivity contribution is 0.394. The molecule has 0 spiro atoms. The second kappa shape index (κ2) is 5.07. The maximum Gasteiger partial charge on any atom is 0.0959 e. The summed E-state index contributed by atoms with van der Waals surface area (Å²) in [4.78, 5) is 4.92. The van der Waals surface area contributed by atoms with E-state index in [0.717, 1.165) is 5.92 Å². The van der Waals surface area contributed by atoms with Crippen molar-refractivity contribution in [2.75, 3.05) is 0 Å². The Bertz CT molecular complexity index is 360. The molecule has 1 heterocycles. The molecule has 1 aromatic rings. The zero-order valence-corrected chi connectivity index (χ0v) is 11.2. The number of rotatable bonds is 2. The first kappa shape index (κ1) is 11.7. The van der Waals surface area contributed by atoms with Crippen molar-refractivity contribution in [1.29, 1.82) is 0 Å². The van der Waals surface area contributed by atoms with Crippen LogP contribution in [0, 0.1) is 0 Å². The number of hydrogen-bond acceptors (Lipinski definition) is 3. The van der Waals surface area contributed by atoms with Crippen LogP contribution in [0.3, 0.4) is 0 Å². The minimum atomic E-state index is 0.445. The molecule has 0 aromatic carbocycles. The van der Waals surface area contributed by atoms with Crippen LogP contribution in [-0.4, -0.2) is 11.0 Å². The molecule has 17 heavy (non-hydrogen) atoms. The highest BCUT2D eigenvalue weighted by Crippen LogP contribution is 2.38.